The number of aromatic nitrogens is 5. The number of nitrogens with one attached hydrogen (secondary N) is 1. The number of hydrogen-bond acceptors (Lipinski definition) is 6. The topological polar surface area (TPSA) is 85.7 Å². The number of para-hydroxylation sites is 1. The molecule has 1 aliphatic rings. The number of fused-ring (bicyclic) bond motifs is 1. The van der Waals surface area contributed by atoms with Crippen molar-refractivity contribution in [1.82, 2.24) is 24.7 Å². The van der Waals surface area contributed by atoms with Crippen molar-refractivity contribution in [2.24, 2.45) is 0 Å². The molecule has 2 aromatic carbocycles. The molecule has 0 unspecified atom stereocenters. The van der Waals surface area contributed by atoms with Gasteiger partial charge in [0, 0.05) is 17.2 Å². The molecule has 3 heterocycles. The highest BCUT2D eigenvalue weighted by atomic mass is 35.5. The molecule has 0 bridgehead atoms. The first kappa shape index (κ1) is 21.2. The molecule has 1 aliphatic heterocycles. The largest absolute Gasteiger partial charge is 0.376 e. The maximum Gasteiger partial charge on any atom is 0.258 e. The van der Waals surface area contributed by atoms with E-state index >= 15 is 0 Å². The average molecular weight is 468 g/mol. The predicted molar refractivity (Wildman–Crippen MR) is 126 cm³/mol. The van der Waals surface area contributed by atoms with Crippen LogP contribution in [-0.2, 0) is 11.3 Å². The summed E-state index contributed by atoms with van der Waals surface area (Å²) >= 11 is 7.59. The predicted octanol–water partition coefficient (Wildman–Crippen LogP) is 4.87. The summed E-state index contributed by atoms with van der Waals surface area (Å²) in [5, 5.41) is 10.8. The molecule has 9 heteroatoms. The van der Waals surface area contributed by atoms with Crippen molar-refractivity contribution in [2.45, 2.75) is 42.8 Å². The summed E-state index contributed by atoms with van der Waals surface area (Å²) in [5.74, 6) is 1.38. The van der Waals surface area contributed by atoms with E-state index in [1.165, 1.54) is 11.8 Å². The quantitative estimate of drug-likeness (QED) is 0.407. The van der Waals surface area contributed by atoms with Crippen LogP contribution in [0.4, 0.5) is 0 Å². The van der Waals surface area contributed by atoms with Gasteiger partial charge in [-0.15, -0.1) is 10.2 Å². The molecule has 4 aromatic rings. The molecular formula is C23H22ClN5O2S. The molecule has 2 atom stereocenters. The van der Waals surface area contributed by atoms with Crippen LogP contribution in [0, 0.1) is 0 Å². The zero-order valence-electron chi connectivity index (χ0n) is 17.5. The van der Waals surface area contributed by atoms with Gasteiger partial charge in [0.2, 0.25) is 0 Å². The molecule has 0 aliphatic carbocycles. The van der Waals surface area contributed by atoms with E-state index in [4.69, 9.17) is 16.3 Å². The zero-order chi connectivity index (χ0) is 22.1. The van der Waals surface area contributed by atoms with Gasteiger partial charge in [-0.1, -0.05) is 35.5 Å². The molecule has 1 fully saturated rings. The van der Waals surface area contributed by atoms with Gasteiger partial charge in [-0.2, -0.15) is 0 Å². The van der Waals surface area contributed by atoms with E-state index in [2.05, 4.69) is 24.7 Å². The first-order chi connectivity index (χ1) is 15.6. The van der Waals surface area contributed by atoms with E-state index in [1.54, 1.807) is 6.07 Å². The van der Waals surface area contributed by atoms with Crippen molar-refractivity contribution in [1.29, 1.82) is 0 Å². The maximum absolute atomic E-state index is 12.5. The molecule has 164 valence electrons. The summed E-state index contributed by atoms with van der Waals surface area (Å²) in [6.07, 6.45) is 2.20. The first-order valence-electron chi connectivity index (χ1n) is 10.5. The molecule has 1 saturated heterocycles. The van der Waals surface area contributed by atoms with Gasteiger partial charge in [-0.25, -0.2) is 4.98 Å². The van der Waals surface area contributed by atoms with Crippen LogP contribution in [0.15, 0.2) is 58.5 Å². The zero-order valence-corrected chi connectivity index (χ0v) is 19.1. The lowest BCUT2D eigenvalue weighted by Crippen LogP contribution is -2.17. The third kappa shape index (κ3) is 4.30. The Hall–Kier alpha value is -2.68. The molecule has 7 nitrogen and oxygen atoms in total. The van der Waals surface area contributed by atoms with Crippen LogP contribution in [-0.4, -0.2) is 37.4 Å². The molecule has 32 heavy (non-hydrogen) atoms. The van der Waals surface area contributed by atoms with Gasteiger partial charge >= 0.3 is 0 Å². The Labute approximate surface area is 194 Å². The molecule has 0 amide bonds. The third-order valence-corrected chi connectivity index (χ3v) is 6.87. The lowest BCUT2D eigenvalue weighted by Gasteiger charge is -2.16. The summed E-state index contributed by atoms with van der Waals surface area (Å²) in [7, 11) is 0. The van der Waals surface area contributed by atoms with Gasteiger partial charge in [0.05, 0.1) is 28.8 Å². The number of hydrogen-bond donors (Lipinski definition) is 1. The van der Waals surface area contributed by atoms with E-state index in [-0.39, 0.29) is 16.9 Å². The number of aromatic amines is 1. The van der Waals surface area contributed by atoms with Crippen molar-refractivity contribution >= 4 is 34.3 Å². The number of rotatable bonds is 6. The maximum atomic E-state index is 12.5. The Kier molecular flexibility index (Phi) is 5.99. The molecule has 2 aromatic heterocycles. The number of nitrogens with zero attached hydrogens (tertiary/aromatic N) is 4. The Balaban J connectivity index is 1.48. The van der Waals surface area contributed by atoms with Crippen LogP contribution in [0.2, 0.25) is 5.02 Å². The number of benzene rings is 2. The number of H-pyrrole nitrogens is 1. The van der Waals surface area contributed by atoms with Crippen molar-refractivity contribution in [2.75, 3.05) is 6.61 Å². The van der Waals surface area contributed by atoms with Crippen molar-refractivity contribution in [3.8, 4) is 11.4 Å². The van der Waals surface area contributed by atoms with Gasteiger partial charge in [-0.05, 0) is 56.2 Å². The highest BCUT2D eigenvalue weighted by Crippen LogP contribution is 2.35. The standard InChI is InChI=1S/C23H22ClN5O2S/c1-14(20-25-19-7-3-2-6-18(19)22(30)26-20)32-23-28-27-21(15-8-10-16(24)11-9-15)29(23)13-17-5-4-12-31-17/h2-3,6-11,14,17H,4-5,12-13H2,1H3,(H,25,26,30)/t14-,17-/m1/s1. The van der Waals surface area contributed by atoms with Crippen LogP contribution in [0.25, 0.3) is 22.3 Å². The Morgan fingerprint density at radius 1 is 1.22 bits per heavy atom. The summed E-state index contributed by atoms with van der Waals surface area (Å²) < 4.78 is 7.97. The minimum absolute atomic E-state index is 0.127. The van der Waals surface area contributed by atoms with Gasteiger partial charge in [0.25, 0.3) is 5.56 Å². The van der Waals surface area contributed by atoms with Crippen molar-refractivity contribution < 1.29 is 4.74 Å². The summed E-state index contributed by atoms with van der Waals surface area (Å²) in [5.41, 5.74) is 1.48. The van der Waals surface area contributed by atoms with E-state index in [1.807, 2.05) is 49.4 Å². The fourth-order valence-electron chi connectivity index (χ4n) is 3.86. The summed E-state index contributed by atoms with van der Waals surface area (Å²) in [6, 6.07) is 14.9. The Bertz CT molecular complexity index is 1300. The second-order valence-corrected chi connectivity index (χ2v) is 9.53. The van der Waals surface area contributed by atoms with Crippen LogP contribution in [0.3, 0.4) is 0 Å². The van der Waals surface area contributed by atoms with Crippen molar-refractivity contribution in [3.63, 3.8) is 0 Å². The van der Waals surface area contributed by atoms with Crippen LogP contribution in [0.1, 0.15) is 30.8 Å². The minimum Gasteiger partial charge on any atom is -0.376 e. The van der Waals surface area contributed by atoms with Gasteiger partial charge in [0.15, 0.2) is 11.0 Å². The van der Waals surface area contributed by atoms with E-state index in [0.29, 0.717) is 28.3 Å². The third-order valence-electron chi connectivity index (χ3n) is 5.53. The smallest absolute Gasteiger partial charge is 0.258 e. The first-order valence-corrected chi connectivity index (χ1v) is 11.8. The van der Waals surface area contributed by atoms with Gasteiger partial charge in [-0.3, -0.25) is 9.36 Å². The van der Waals surface area contributed by atoms with Crippen molar-refractivity contribution in [3.05, 3.63) is 69.7 Å². The van der Waals surface area contributed by atoms with E-state index in [0.717, 1.165) is 36.0 Å². The Morgan fingerprint density at radius 3 is 2.81 bits per heavy atom. The van der Waals surface area contributed by atoms with Gasteiger partial charge in [0.1, 0.15) is 5.82 Å². The SMILES string of the molecule is C[C@@H](Sc1nnc(-c2ccc(Cl)cc2)n1C[C@H]1CCCO1)c1nc2ccccc2c(=O)[nH]1. The molecule has 0 radical (unpaired) electrons. The fraction of sp³-hybridized carbons (Fsp3) is 0.304. The second-order valence-electron chi connectivity index (χ2n) is 7.79. The number of halogens is 1. The lowest BCUT2D eigenvalue weighted by atomic mass is 10.2. The number of thioether (sulfide) groups is 1. The van der Waals surface area contributed by atoms with Gasteiger partial charge < -0.3 is 9.72 Å². The minimum atomic E-state index is -0.138. The molecular weight excluding hydrogens is 446 g/mol. The van der Waals surface area contributed by atoms with Crippen LogP contribution >= 0.6 is 23.4 Å². The van der Waals surface area contributed by atoms with Crippen LogP contribution < -0.4 is 5.56 Å². The van der Waals surface area contributed by atoms with E-state index in [9.17, 15) is 4.79 Å². The van der Waals surface area contributed by atoms with E-state index < -0.39 is 0 Å². The molecule has 0 saturated carbocycles. The fourth-order valence-corrected chi connectivity index (χ4v) is 4.90. The monoisotopic (exact) mass is 467 g/mol. The van der Waals surface area contributed by atoms with Crippen LogP contribution in [0.5, 0.6) is 0 Å². The highest BCUT2D eigenvalue weighted by Gasteiger charge is 2.24. The Morgan fingerprint density at radius 2 is 2.03 bits per heavy atom. The molecule has 5 rings (SSSR count). The average Bonchev–Trinajstić information content (AvgIpc) is 3.45. The molecule has 1 N–H and O–H groups in total. The second kappa shape index (κ2) is 9.05. The summed E-state index contributed by atoms with van der Waals surface area (Å²) in [6.45, 7) is 3.46. The summed E-state index contributed by atoms with van der Waals surface area (Å²) in [4.78, 5) is 20.1. The highest BCUT2D eigenvalue weighted by molar-refractivity contribution is 7.99. The lowest BCUT2D eigenvalue weighted by molar-refractivity contribution is 0.0953. The number of ether oxygens (including phenoxy) is 1. The normalized spacial score (nSPS) is 17.1. The molecule has 0 spiro atoms.